The molecular formula is C51H91N3O28P2. The molecule has 0 aromatic heterocycles. The van der Waals surface area contributed by atoms with Crippen LogP contribution in [0.5, 0.6) is 0 Å². The molecule has 6 aliphatic rings. The summed E-state index contributed by atoms with van der Waals surface area (Å²) in [6.07, 6.45) is -17.4. The number of phosphoric acid groups is 2. The first kappa shape index (κ1) is 71.0. The molecule has 0 aromatic carbocycles. The fourth-order valence-corrected chi connectivity index (χ4v) is 13.1. The van der Waals surface area contributed by atoms with Gasteiger partial charge in [-0.1, -0.05) is 20.8 Å². The molecule has 0 saturated carbocycles. The fraction of sp³-hybridized carbons (Fsp3) is 0.941. The smallest absolute Gasteiger partial charge is 0.394 e. The zero-order valence-electron chi connectivity index (χ0n) is 48.2. The van der Waals surface area contributed by atoms with E-state index in [1.807, 2.05) is 0 Å². The number of ether oxygens (including phenoxy) is 7. The lowest BCUT2D eigenvalue weighted by molar-refractivity contribution is -0.282. The number of rotatable bonds is 31. The Hall–Kier alpha value is -2.05. The van der Waals surface area contributed by atoms with Crippen molar-refractivity contribution in [3.8, 4) is 0 Å². The monoisotopic (exact) mass is 1260 g/mol. The van der Waals surface area contributed by atoms with Crippen LogP contribution in [0.3, 0.4) is 0 Å². The van der Waals surface area contributed by atoms with Crippen molar-refractivity contribution in [2.24, 2.45) is 17.8 Å². The molecule has 0 aromatic rings. The molecule has 0 bridgehead atoms. The summed E-state index contributed by atoms with van der Waals surface area (Å²) >= 11 is 0. The number of hydrogen-bond donors (Lipinski definition) is 12. The number of β-amino-alcohol motifs (C(OH)–C–C–N with tert-alkyl or cyclic N) is 1. The number of phosphoric ester groups is 2. The third kappa shape index (κ3) is 19.5. The Morgan fingerprint density at radius 3 is 1.15 bits per heavy atom. The van der Waals surface area contributed by atoms with E-state index in [4.69, 9.17) is 51.3 Å². The van der Waals surface area contributed by atoms with Gasteiger partial charge in [-0.05, 0) is 52.4 Å². The lowest BCUT2D eigenvalue weighted by Gasteiger charge is -2.40. The van der Waals surface area contributed by atoms with Crippen LogP contribution in [-0.4, -0.2) is 289 Å². The largest absolute Gasteiger partial charge is 0.472 e. The van der Waals surface area contributed by atoms with Crippen LogP contribution in [0.4, 0.5) is 0 Å². The molecule has 6 saturated heterocycles. The Labute approximate surface area is 488 Å². The number of likely N-dealkylation sites (tertiary alicyclic amines) is 3. The van der Waals surface area contributed by atoms with E-state index in [2.05, 4.69) is 0 Å². The van der Waals surface area contributed by atoms with E-state index in [-0.39, 0.29) is 116 Å². The van der Waals surface area contributed by atoms with Crippen LogP contribution in [-0.2, 0) is 74.8 Å². The molecule has 12 N–H and O–H groups in total. The Kier molecular flexibility index (Phi) is 27.6. The molecule has 0 aliphatic carbocycles. The molecule has 31 nitrogen and oxygen atoms in total. The number of aliphatic hydroxyl groups excluding tert-OH is 10. The third-order valence-corrected chi connectivity index (χ3v) is 18.2. The first-order valence-electron chi connectivity index (χ1n) is 28.9. The SMILES string of the molecule is CC(C)OC[C@@H]1C[C@@H](OP(=O)(O)OC[C@@H]2C[C@@H](OP(=O)(O)OC[C@@H]3C[C@@H](O)CN3C(=O)CCCOC3OC(CO)C(O)C(O)C3C)CN2C(=O)CCCOC2OC(CO)C(O)C(O)C2C)CN1C(=O)CCCOC1OC(CO)C(O)C(O)C1C. The number of aliphatic hydroxyl groups is 10. The molecule has 6 fully saturated rings. The highest BCUT2D eigenvalue weighted by atomic mass is 31.2. The van der Waals surface area contributed by atoms with Gasteiger partial charge in [0.1, 0.15) is 36.6 Å². The van der Waals surface area contributed by atoms with Gasteiger partial charge in [-0.2, -0.15) is 0 Å². The van der Waals surface area contributed by atoms with Crippen LogP contribution in [0.1, 0.15) is 92.4 Å². The molecule has 0 spiro atoms. The Bertz CT molecular complexity index is 2160. The average molecular weight is 1260 g/mol. The molecular weight excluding hydrogens is 1160 g/mol. The summed E-state index contributed by atoms with van der Waals surface area (Å²) in [6.45, 7) is 4.92. The van der Waals surface area contributed by atoms with E-state index in [1.165, 1.54) is 14.7 Å². The molecule has 0 radical (unpaired) electrons. The molecule has 6 aliphatic heterocycles. The first-order chi connectivity index (χ1) is 39.7. The van der Waals surface area contributed by atoms with Crippen LogP contribution in [0, 0.1) is 17.8 Å². The van der Waals surface area contributed by atoms with Gasteiger partial charge >= 0.3 is 15.6 Å². The van der Waals surface area contributed by atoms with Crippen LogP contribution in [0.25, 0.3) is 0 Å². The second kappa shape index (κ2) is 32.6. The first-order valence-corrected chi connectivity index (χ1v) is 31.9. The van der Waals surface area contributed by atoms with E-state index >= 15 is 0 Å². The molecule has 488 valence electrons. The topological polar surface area (TPSA) is 439 Å². The van der Waals surface area contributed by atoms with E-state index in [0.29, 0.717) is 0 Å². The molecule has 17 unspecified atom stereocenters. The summed E-state index contributed by atoms with van der Waals surface area (Å²) in [5, 5.41) is 101. The molecule has 33 heteroatoms. The van der Waals surface area contributed by atoms with Crippen molar-refractivity contribution in [3.63, 3.8) is 0 Å². The van der Waals surface area contributed by atoms with Gasteiger partial charge in [0, 0.05) is 56.7 Å². The lowest BCUT2D eigenvalue weighted by atomic mass is 9.92. The summed E-state index contributed by atoms with van der Waals surface area (Å²) < 4.78 is 89.2. The Morgan fingerprint density at radius 2 is 0.821 bits per heavy atom. The van der Waals surface area contributed by atoms with Gasteiger partial charge in [0.2, 0.25) is 17.7 Å². The van der Waals surface area contributed by atoms with Gasteiger partial charge < -0.3 is 109 Å². The molecule has 6 rings (SSSR count). The van der Waals surface area contributed by atoms with Crippen LogP contribution < -0.4 is 0 Å². The maximum atomic E-state index is 13.9. The lowest BCUT2D eigenvalue weighted by Crippen LogP contribution is -2.55. The number of hydrogen-bond acceptors (Lipinski definition) is 26. The highest BCUT2D eigenvalue weighted by molar-refractivity contribution is 7.47. The molecule has 6 heterocycles. The van der Waals surface area contributed by atoms with E-state index in [1.54, 1.807) is 34.6 Å². The maximum absolute atomic E-state index is 13.9. The fourth-order valence-electron chi connectivity index (χ4n) is 11.2. The molecule has 23 atom stereocenters. The van der Waals surface area contributed by atoms with Crippen LogP contribution in [0.15, 0.2) is 0 Å². The van der Waals surface area contributed by atoms with Crippen molar-refractivity contribution in [1.82, 2.24) is 14.7 Å². The quantitative estimate of drug-likeness (QED) is 0.0246. The number of carbonyl (C=O) groups excluding carboxylic acids is 3. The summed E-state index contributed by atoms with van der Waals surface area (Å²) in [4.78, 5) is 67.1. The van der Waals surface area contributed by atoms with Crippen molar-refractivity contribution >= 4 is 33.4 Å². The van der Waals surface area contributed by atoms with Crippen molar-refractivity contribution in [2.45, 2.75) is 209 Å². The highest BCUT2D eigenvalue weighted by Crippen LogP contribution is 2.50. The average Bonchev–Trinajstić information content (AvgIpc) is 4.32. The van der Waals surface area contributed by atoms with Gasteiger partial charge in [0.15, 0.2) is 18.9 Å². The van der Waals surface area contributed by atoms with Gasteiger partial charge in [0.25, 0.3) is 0 Å². The van der Waals surface area contributed by atoms with Gasteiger partial charge in [-0.25, -0.2) is 9.13 Å². The molecule has 84 heavy (non-hydrogen) atoms. The van der Waals surface area contributed by atoms with Gasteiger partial charge in [0.05, 0.1) is 120 Å². The van der Waals surface area contributed by atoms with Crippen LogP contribution >= 0.6 is 15.6 Å². The minimum Gasteiger partial charge on any atom is -0.394 e. The highest BCUT2D eigenvalue weighted by Gasteiger charge is 2.48. The van der Waals surface area contributed by atoms with E-state index < -0.39 is 188 Å². The summed E-state index contributed by atoms with van der Waals surface area (Å²) in [6, 6.07) is -2.49. The van der Waals surface area contributed by atoms with Crippen LogP contribution in [0.2, 0.25) is 0 Å². The van der Waals surface area contributed by atoms with E-state index in [0.717, 1.165) is 0 Å². The molecule has 3 amide bonds. The standard InChI is InChI=1S/C51H91N3O28P2/c1-27(2)75-24-32-16-35(19-53(32)41(60)10-7-13-73-50-29(4)44(63)47(66)38(22-56)79-50)81-84(70,71)77-26-33-17-36(20-54(33)42(61)11-8-14-74-51-30(5)45(64)48(67)39(23-57)80-51)82-83(68,69)76-25-31-15-34(58)18-52(31)40(59)9-6-12-72-49-28(3)43(62)46(65)37(21-55)78-49/h27-39,43-51,55-58,62-67H,6-26H2,1-5H3,(H,68,69)(H,70,71)/t28?,29?,30?,31-,32-,33-,34+,35+,36+,37?,38?,39?,43?,44?,45?,46?,47?,48?,49?,50?,51?/m0/s1. The Balaban J connectivity index is 1.03. The van der Waals surface area contributed by atoms with Crippen molar-refractivity contribution < 1.29 is 136 Å². The summed E-state index contributed by atoms with van der Waals surface area (Å²) in [5.41, 5.74) is 0. The zero-order valence-corrected chi connectivity index (χ0v) is 50.0. The second-order valence-corrected chi connectivity index (χ2v) is 25.8. The Morgan fingerprint density at radius 1 is 0.500 bits per heavy atom. The van der Waals surface area contributed by atoms with E-state index in [9.17, 15) is 84.4 Å². The van der Waals surface area contributed by atoms with Crippen molar-refractivity contribution in [3.05, 3.63) is 0 Å². The van der Waals surface area contributed by atoms with Gasteiger partial charge in [-0.3, -0.25) is 32.5 Å². The predicted octanol–water partition coefficient (Wildman–Crippen LogP) is -2.80. The number of carbonyl (C=O) groups is 3. The number of amides is 3. The van der Waals surface area contributed by atoms with Crippen molar-refractivity contribution in [1.29, 1.82) is 0 Å². The minimum atomic E-state index is -5.00. The summed E-state index contributed by atoms with van der Waals surface area (Å²) in [5.74, 6) is -3.33. The maximum Gasteiger partial charge on any atom is 0.472 e. The normalized spacial score (nSPS) is 38.1. The minimum absolute atomic E-state index is 0.00591. The van der Waals surface area contributed by atoms with Gasteiger partial charge in [-0.15, -0.1) is 0 Å². The summed E-state index contributed by atoms with van der Waals surface area (Å²) in [7, 11) is -9.99. The van der Waals surface area contributed by atoms with Crippen molar-refractivity contribution in [2.75, 3.05) is 79.1 Å². The number of nitrogens with zero attached hydrogens (tertiary/aromatic N) is 3. The second-order valence-electron chi connectivity index (χ2n) is 22.9. The predicted molar refractivity (Wildman–Crippen MR) is 285 cm³/mol. The third-order valence-electron chi connectivity index (χ3n) is 16.2. The zero-order chi connectivity index (χ0) is 61.8.